The topological polar surface area (TPSA) is 66.8 Å². The van der Waals surface area contributed by atoms with Crippen LogP contribution in [-0.4, -0.2) is 31.3 Å². The van der Waals surface area contributed by atoms with Crippen molar-refractivity contribution in [2.75, 3.05) is 0 Å². The maximum Gasteiger partial charge on any atom is 0.469 e. The smallest absolute Gasteiger partial charge is 0.303 e. The maximum absolute atomic E-state index is 10.9. The van der Waals surface area contributed by atoms with Gasteiger partial charge in [-0.25, -0.2) is 4.57 Å². The molecule has 0 fully saturated rings. The lowest BCUT2D eigenvalue weighted by Crippen LogP contribution is -2.55. The Morgan fingerprint density at radius 1 is 1.00 bits per heavy atom. The van der Waals surface area contributed by atoms with Crippen LogP contribution in [0.15, 0.2) is 0 Å². The summed E-state index contributed by atoms with van der Waals surface area (Å²) in [5.41, 5.74) is 0. The SMILES string of the molecule is C[Si](C)(C)C(OP(=O)(O)O)[Si](C)(C)C. The van der Waals surface area contributed by atoms with Crippen molar-refractivity contribution in [2.24, 2.45) is 0 Å². The summed E-state index contributed by atoms with van der Waals surface area (Å²) in [6.07, 6.45) is 0. The fraction of sp³-hybridized carbons (Fsp3) is 1.00. The fourth-order valence-electron chi connectivity index (χ4n) is 1.75. The second kappa shape index (κ2) is 4.19. The van der Waals surface area contributed by atoms with Gasteiger partial charge in [-0.1, -0.05) is 39.3 Å². The van der Waals surface area contributed by atoms with E-state index in [0.29, 0.717) is 0 Å². The Kier molecular flexibility index (Phi) is 4.36. The van der Waals surface area contributed by atoms with Gasteiger partial charge in [0, 0.05) is 0 Å². The largest absolute Gasteiger partial charge is 0.469 e. The molecule has 0 rings (SSSR count). The van der Waals surface area contributed by atoms with Crippen molar-refractivity contribution in [3.63, 3.8) is 0 Å². The first-order valence-electron chi connectivity index (χ1n) is 4.58. The third-order valence-corrected chi connectivity index (χ3v) is 11.3. The van der Waals surface area contributed by atoms with E-state index in [1.165, 1.54) is 0 Å². The summed E-state index contributed by atoms with van der Waals surface area (Å²) >= 11 is 0. The molecule has 0 saturated carbocycles. The van der Waals surface area contributed by atoms with E-state index in [0.717, 1.165) is 0 Å². The highest BCUT2D eigenvalue weighted by atomic mass is 31.2. The highest BCUT2D eigenvalue weighted by Gasteiger charge is 2.42. The van der Waals surface area contributed by atoms with Crippen molar-refractivity contribution in [1.29, 1.82) is 0 Å². The third-order valence-electron chi connectivity index (χ3n) is 1.82. The molecule has 0 atom stereocenters. The molecular weight excluding hydrogens is 235 g/mol. The Labute approximate surface area is 87.9 Å². The van der Waals surface area contributed by atoms with Crippen LogP contribution in [0.25, 0.3) is 0 Å². The first-order chi connectivity index (χ1) is 5.84. The summed E-state index contributed by atoms with van der Waals surface area (Å²) in [5.74, 6) is 0. The normalized spacial score (nSPS) is 14.9. The zero-order valence-corrected chi connectivity index (χ0v) is 12.6. The Bertz CT molecular complexity index is 223. The van der Waals surface area contributed by atoms with Gasteiger partial charge in [-0.15, -0.1) is 0 Å². The molecule has 2 N–H and O–H groups in total. The maximum atomic E-state index is 10.9. The minimum atomic E-state index is -4.35. The monoisotopic (exact) mass is 256 g/mol. The minimum Gasteiger partial charge on any atom is -0.303 e. The van der Waals surface area contributed by atoms with E-state index >= 15 is 0 Å². The number of hydrogen-bond donors (Lipinski definition) is 2. The highest BCUT2D eigenvalue weighted by molar-refractivity contribution is 7.46. The molecule has 0 aliphatic carbocycles. The van der Waals surface area contributed by atoms with Gasteiger partial charge in [0.2, 0.25) is 0 Å². The van der Waals surface area contributed by atoms with Gasteiger partial charge < -0.3 is 9.79 Å². The molecule has 0 radical (unpaired) electrons. The predicted octanol–water partition coefficient (Wildman–Crippen LogP) is 2.22. The molecule has 86 valence electrons. The molecule has 0 bridgehead atoms. The Balaban J connectivity index is 4.87. The number of phosphoric ester groups is 1. The summed E-state index contributed by atoms with van der Waals surface area (Å²) in [4.78, 5) is 17.7. The lowest BCUT2D eigenvalue weighted by atomic mass is 11.6. The van der Waals surface area contributed by atoms with E-state index in [1.54, 1.807) is 0 Å². The van der Waals surface area contributed by atoms with Gasteiger partial charge in [-0.05, 0) is 0 Å². The van der Waals surface area contributed by atoms with Crippen LogP contribution in [-0.2, 0) is 9.09 Å². The Morgan fingerprint density at radius 2 is 1.29 bits per heavy atom. The van der Waals surface area contributed by atoms with Crippen molar-refractivity contribution in [3.05, 3.63) is 0 Å². The highest BCUT2D eigenvalue weighted by Crippen LogP contribution is 2.41. The van der Waals surface area contributed by atoms with Gasteiger partial charge >= 0.3 is 7.82 Å². The average molecular weight is 256 g/mol. The first kappa shape index (κ1) is 14.5. The van der Waals surface area contributed by atoms with E-state index in [9.17, 15) is 4.57 Å². The van der Waals surface area contributed by atoms with Crippen molar-refractivity contribution >= 4 is 24.0 Å². The van der Waals surface area contributed by atoms with Crippen molar-refractivity contribution < 1.29 is 18.9 Å². The van der Waals surface area contributed by atoms with Crippen LogP contribution in [0.3, 0.4) is 0 Å². The van der Waals surface area contributed by atoms with Crippen molar-refractivity contribution in [1.82, 2.24) is 0 Å². The predicted molar refractivity (Wildman–Crippen MR) is 63.6 cm³/mol. The Morgan fingerprint density at radius 3 is 1.36 bits per heavy atom. The van der Waals surface area contributed by atoms with Gasteiger partial charge in [0.25, 0.3) is 0 Å². The standard InChI is InChI=1S/C7H21O4PSi2/c1-13(2,3)7(14(4,5)6)11-12(8,9)10/h7H,1-6H3,(H2,8,9,10). The molecule has 0 aromatic rings. The molecular formula is C7H21O4PSi2. The molecule has 0 aliphatic heterocycles. The lowest BCUT2D eigenvalue weighted by Gasteiger charge is -2.37. The molecule has 7 heteroatoms. The number of rotatable bonds is 4. The summed E-state index contributed by atoms with van der Waals surface area (Å²) < 4.78 is 15.8. The van der Waals surface area contributed by atoms with Crippen LogP contribution in [0, 0.1) is 0 Å². The average Bonchev–Trinajstić information content (AvgIpc) is 1.75. The minimum absolute atomic E-state index is 0.212. The van der Waals surface area contributed by atoms with Gasteiger partial charge in [0.15, 0.2) is 0 Å². The van der Waals surface area contributed by atoms with Crippen LogP contribution < -0.4 is 0 Å². The lowest BCUT2D eigenvalue weighted by molar-refractivity contribution is 0.202. The Hall–Kier alpha value is 0.544. The second-order valence-corrected chi connectivity index (χ2v) is 18.0. The molecule has 0 spiro atoms. The zero-order valence-electron chi connectivity index (χ0n) is 9.74. The summed E-state index contributed by atoms with van der Waals surface area (Å²) in [6.45, 7) is 12.4. The van der Waals surface area contributed by atoms with E-state index in [-0.39, 0.29) is 5.35 Å². The van der Waals surface area contributed by atoms with Crippen LogP contribution in [0.1, 0.15) is 0 Å². The van der Waals surface area contributed by atoms with Crippen LogP contribution in [0.4, 0.5) is 0 Å². The molecule has 0 amide bonds. The molecule has 0 heterocycles. The summed E-state index contributed by atoms with van der Waals surface area (Å²) in [6, 6.07) is 0. The van der Waals surface area contributed by atoms with E-state index in [1.807, 2.05) is 0 Å². The van der Waals surface area contributed by atoms with Crippen LogP contribution in [0.5, 0.6) is 0 Å². The van der Waals surface area contributed by atoms with E-state index in [4.69, 9.17) is 14.3 Å². The van der Waals surface area contributed by atoms with E-state index < -0.39 is 24.0 Å². The van der Waals surface area contributed by atoms with Gasteiger partial charge in [-0.2, -0.15) is 0 Å². The third kappa shape index (κ3) is 5.43. The first-order valence-corrected chi connectivity index (χ1v) is 13.3. The molecule has 0 saturated heterocycles. The molecule has 4 nitrogen and oxygen atoms in total. The van der Waals surface area contributed by atoms with Gasteiger partial charge in [-0.3, -0.25) is 4.52 Å². The summed E-state index contributed by atoms with van der Waals surface area (Å²) in [5, 5.41) is -0.212. The van der Waals surface area contributed by atoms with E-state index in [2.05, 4.69) is 39.3 Å². The fourth-order valence-corrected chi connectivity index (χ4v) is 15.8. The van der Waals surface area contributed by atoms with Crippen LogP contribution in [0.2, 0.25) is 39.3 Å². The molecule has 0 aromatic heterocycles. The summed E-state index contributed by atoms with van der Waals surface area (Å²) in [7, 11) is -7.71. The number of phosphoric acid groups is 1. The molecule has 14 heavy (non-hydrogen) atoms. The quantitative estimate of drug-likeness (QED) is 0.598. The molecule has 0 aliphatic rings. The van der Waals surface area contributed by atoms with Gasteiger partial charge in [0.1, 0.15) is 0 Å². The molecule has 0 aromatic carbocycles. The zero-order chi connectivity index (χ0) is 11.8. The van der Waals surface area contributed by atoms with Crippen molar-refractivity contribution in [2.45, 2.75) is 44.6 Å². The van der Waals surface area contributed by atoms with Gasteiger partial charge in [0.05, 0.1) is 21.5 Å². The molecule has 0 unspecified atom stereocenters. The number of hydrogen-bond acceptors (Lipinski definition) is 2. The van der Waals surface area contributed by atoms with Crippen LogP contribution >= 0.6 is 7.82 Å². The van der Waals surface area contributed by atoms with Crippen molar-refractivity contribution in [3.8, 4) is 0 Å². The second-order valence-electron chi connectivity index (χ2n) is 5.71.